The van der Waals surface area contributed by atoms with Crippen LogP contribution in [0.1, 0.15) is 62.5 Å². The Bertz CT molecular complexity index is 925. The van der Waals surface area contributed by atoms with Gasteiger partial charge in [0.1, 0.15) is 0 Å². The molecule has 0 amide bonds. The Morgan fingerprint density at radius 3 is 1.49 bits per heavy atom. The van der Waals surface area contributed by atoms with E-state index in [4.69, 9.17) is 14.2 Å². The fourth-order valence-corrected chi connectivity index (χ4v) is 6.53. The molecule has 0 aromatic heterocycles. The Balaban J connectivity index is 1.04. The summed E-state index contributed by atoms with van der Waals surface area (Å²) in [6.07, 6.45) is 10.1. The first-order valence-corrected chi connectivity index (χ1v) is 14.3. The van der Waals surface area contributed by atoms with Crippen molar-refractivity contribution < 1.29 is 23.8 Å². The number of esters is 2. The molecule has 4 aliphatic rings. The molecular weight excluding hydrogens is 464 g/mol. The third-order valence-electron chi connectivity index (χ3n) is 8.49. The van der Waals surface area contributed by atoms with Gasteiger partial charge in [0.05, 0.1) is 37.3 Å². The monoisotopic (exact) mass is 504 g/mol. The van der Waals surface area contributed by atoms with Gasteiger partial charge in [-0.15, -0.1) is 0 Å². The van der Waals surface area contributed by atoms with E-state index in [1.807, 2.05) is 12.1 Å². The van der Waals surface area contributed by atoms with Gasteiger partial charge in [0.15, 0.2) is 0 Å². The van der Waals surface area contributed by atoms with E-state index in [0.717, 1.165) is 64.2 Å². The summed E-state index contributed by atoms with van der Waals surface area (Å²) in [5.74, 6) is -1.11. The summed E-state index contributed by atoms with van der Waals surface area (Å²) in [7, 11) is 0. The lowest BCUT2D eigenvalue weighted by atomic mass is 9.58. The SMILES string of the molecule is O=C(OCCCCCc1ccccc1)C1C2CCC(C3OC23)C1C(=O)OCCCCCc1ccccc1. The molecule has 0 spiro atoms. The quantitative estimate of drug-likeness (QED) is 0.181. The zero-order valence-electron chi connectivity index (χ0n) is 21.8. The highest BCUT2D eigenvalue weighted by atomic mass is 16.6. The van der Waals surface area contributed by atoms with Crippen LogP contribution < -0.4 is 0 Å². The van der Waals surface area contributed by atoms with Crippen molar-refractivity contribution >= 4 is 11.9 Å². The number of hydrogen-bond acceptors (Lipinski definition) is 5. The first-order chi connectivity index (χ1) is 18.2. The molecule has 3 saturated carbocycles. The van der Waals surface area contributed by atoms with E-state index in [2.05, 4.69) is 48.5 Å². The number of ether oxygens (including phenoxy) is 3. The molecule has 5 heteroatoms. The number of carbonyl (C=O) groups is 2. The van der Waals surface area contributed by atoms with Crippen molar-refractivity contribution in [2.45, 2.75) is 76.4 Å². The van der Waals surface area contributed by atoms with Gasteiger partial charge in [-0.3, -0.25) is 9.59 Å². The van der Waals surface area contributed by atoms with Crippen molar-refractivity contribution in [2.75, 3.05) is 13.2 Å². The number of fused-ring (bicyclic) bond motifs is 2. The van der Waals surface area contributed by atoms with Crippen molar-refractivity contribution in [1.29, 1.82) is 0 Å². The lowest BCUT2D eigenvalue weighted by Gasteiger charge is -2.43. The molecule has 5 nitrogen and oxygen atoms in total. The number of rotatable bonds is 14. The van der Waals surface area contributed by atoms with Gasteiger partial charge in [-0.1, -0.05) is 60.7 Å². The molecule has 6 unspecified atom stereocenters. The molecule has 1 saturated heterocycles. The van der Waals surface area contributed by atoms with Crippen LogP contribution in [0.4, 0.5) is 0 Å². The van der Waals surface area contributed by atoms with E-state index in [-0.39, 0.29) is 36.0 Å². The molecular formula is C32H40O5. The van der Waals surface area contributed by atoms with Gasteiger partial charge in [0.2, 0.25) is 0 Å². The molecule has 6 rings (SSSR count). The van der Waals surface area contributed by atoms with Crippen LogP contribution in [-0.4, -0.2) is 37.4 Å². The maximum Gasteiger partial charge on any atom is 0.310 e. The largest absolute Gasteiger partial charge is 0.465 e. The molecule has 0 N–H and O–H groups in total. The topological polar surface area (TPSA) is 65.1 Å². The van der Waals surface area contributed by atoms with Crippen molar-refractivity contribution in [3.8, 4) is 0 Å². The molecule has 1 heterocycles. The fourth-order valence-electron chi connectivity index (χ4n) is 6.53. The first kappa shape index (κ1) is 26.0. The summed E-state index contributed by atoms with van der Waals surface area (Å²) >= 11 is 0. The number of carbonyl (C=O) groups excluding carboxylic acids is 2. The molecule has 2 aromatic carbocycles. The lowest BCUT2D eigenvalue weighted by Crippen LogP contribution is -2.52. The van der Waals surface area contributed by atoms with E-state index in [1.54, 1.807) is 0 Å². The first-order valence-electron chi connectivity index (χ1n) is 14.3. The Labute approximate surface area is 220 Å². The average molecular weight is 505 g/mol. The van der Waals surface area contributed by atoms with E-state index in [1.165, 1.54) is 11.1 Å². The van der Waals surface area contributed by atoms with E-state index in [9.17, 15) is 9.59 Å². The molecule has 0 radical (unpaired) electrons. The minimum Gasteiger partial charge on any atom is -0.465 e. The smallest absolute Gasteiger partial charge is 0.310 e. The maximum absolute atomic E-state index is 13.2. The van der Waals surface area contributed by atoms with Crippen molar-refractivity contribution in [1.82, 2.24) is 0 Å². The second kappa shape index (κ2) is 12.7. The Kier molecular flexibility index (Phi) is 8.93. The highest BCUT2D eigenvalue weighted by Gasteiger charge is 2.67. The maximum atomic E-state index is 13.2. The predicted octanol–water partition coefficient (Wildman–Crippen LogP) is 5.94. The van der Waals surface area contributed by atoms with Gasteiger partial charge in [-0.2, -0.15) is 0 Å². The number of unbranched alkanes of at least 4 members (excludes halogenated alkanes) is 4. The summed E-state index contributed by atoms with van der Waals surface area (Å²) in [5.41, 5.74) is 2.68. The Morgan fingerprint density at radius 1 is 0.622 bits per heavy atom. The van der Waals surface area contributed by atoms with Gasteiger partial charge in [0.25, 0.3) is 0 Å². The van der Waals surface area contributed by atoms with Crippen molar-refractivity contribution in [2.24, 2.45) is 23.7 Å². The highest BCUT2D eigenvalue weighted by Crippen LogP contribution is 2.58. The summed E-state index contributed by atoms with van der Waals surface area (Å²) < 4.78 is 17.4. The number of aryl methyl sites for hydroxylation is 2. The van der Waals surface area contributed by atoms with Crippen LogP contribution in [0.2, 0.25) is 0 Å². The second-order valence-electron chi connectivity index (χ2n) is 10.9. The van der Waals surface area contributed by atoms with Gasteiger partial charge in [0, 0.05) is 11.8 Å². The molecule has 2 bridgehead atoms. The van der Waals surface area contributed by atoms with Crippen molar-refractivity contribution in [3.63, 3.8) is 0 Å². The summed E-state index contributed by atoms with van der Waals surface area (Å²) in [6, 6.07) is 20.9. The van der Waals surface area contributed by atoms with Crippen LogP contribution in [0, 0.1) is 23.7 Å². The van der Waals surface area contributed by atoms with Gasteiger partial charge < -0.3 is 14.2 Å². The molecule has 3 aliphatic carbocycles. The van der Waals surface area contributed by atoms with E-state index in [0.29, 0.717) is 13.2 Å². The van der Waals surface area contributed by atoms with Crippen LogP contribution in [0.25, 0.3) is 0 Å². The fraction of sp³-hybridized carbons (Fsp3) is 0.562. The normalized spacial score (nSPS) is 27.4. The highest BCUT2D eigenvalue weighted by molar-refractivity contribution is 5.83. The zero-order valence-corrected chi connectivity index (χ0v) is 21.8. The molecule has 4 fully saturated rings. The molecule has 6 atom stereocenters. The van der Waals surface area contributed by atoms with Gasteiger partial charge >= 0.3 is 11.9 Å². The Hall–Kier alpha value is -2.66. The second-order valence-corrected chi connectivity index (χ2v) is 10.9. The lowest BCUT2D eigenvalue weighted by molar-refractivity contribution is -0.171. The molecule has 1 aliphatic heterocycles. The van der Waals surface area contributed by atoms with Crippen LogP contribution in [0.5, 0.6) is 0 Å². The average Bonchev–Trinajstić information content (AvgIpc) is 3.76. The minimum atomic E-state index is -0.419. The van der Waals surface area contributed by atoms with Crippen LogP contribution in [0.15, 0.2) is 60.7 Å². The third-order valence-corrected chi connectivity index (χ3v) is 8.49. The van der Waals surface area contributed by atoms with Crippen LogP contribution in [-0.2, 0) is 36.6 Å². The van der Waals surface area contributed by atoms with Gasteiger partial charge in [-0.25, -0.2) is 0 Å². The van der Waals surface area contributed by atoms with Gasteiger partial charge in [-0.05, 0) is 75.3 Å². The summed E-state index contributed by atoms with van der Waals surface area (Å²) in [5, 5.41) is 0. The van der Waals surface area contributed by atoms with Crippen LogP contribution in [0.3, 0.4) is 0 Å². The summed E-state index contributed by atoms with van der Waals surface area (Å²) in [6.45, 7) is 0.833. The third kappa shape index (κ3) is 6.62. The predicted molar refractivity (Wildman–Crippen MR) is 142 cm³/mol. The zero-order chi connectivity index (χ0) is 25.5. The van der Waals surface area contributed by atoms with Crippen molar-refractivity contribution in [3.05, 3.63) is 71.8 Å². The van der Waals surface area contributed by atoms with Crippen LogP contribution >= 0.6 is 0 Å². The standard InChI is InChI=1S/C32H40O5/c33-31(35-21-11-3-9-17-23-13-5-1-6-14-23)27-25-19-20-26(30-29(25)37-30)28(27)32(34)36-22-12-4-10-18-24-15-7-2-8-16-24/h1-2,5-8,13-16,25-30H,3-4,9-12,17-22H2. The molecule has 2 aromatic rings. The molecule has 37 heavy (non-hydrogen) atoms. The number of benzene rings is 2. The molecule has 198 valence electrons. The number of epoxide rings is 1. The van der Waals surface area contributed by atoms with E-state index < -0.39 is 11.8 Å². The van der Waals surface area contributed by atoms with E-state index >= 15 is 0 Å². The number of hydrogen-bond donors (Lipinski definition) is 0. The summed E-state index contributed by atoms with van der Waals surface area (Å²) in [4.78, 5) is 26.4. The minimum absolute atomic E-state index is 0.0870. The Morgan fingerprint density at radius 2 is 1.05 bits per heavy atom.